The molecule has 0 saturated heterocycles. The second-order valence-electron chi connectivity index (χ2n) is 5.52. The molecule has 0 aliphatic carbocycles. The molecule has 1 N–H and O–H groups in total. The molecular weight excluding hydrogens is 230 g/mol. The first kappa shape index (κ1) is 16.2. The summed E-state index contributed by atoms with van der Waals surface area (Å²) in [6.45, 7) is 2.28. The zero-order chi connectivity index (χ0) is 13.8. The molecule has 108 valence electrons. The minimum atomic E-state index is 0.529. The lowest BCUT2D eigenvalue weighted by molar-refractivity contribution is 0.494. The van der Waals surface area contributed by atoms with Crippen LogP contribution in [0.5, 0.6) is 0 Å². The van der Waals surface area contributed by atoms with E-state index in [1.165, 1.54) is 63.4 Å². The summed E-state index contributed by atoms with van der Waals surface area (Å²) in [5.74, 6) is 0. The molecule has 0 heterocycles. The van der Waals surface area contributed by atoms with E-state index in [1.54, 1.807) is 0 Å². The number of hydrogen-bond acceptors (Lipinski definition) is 1. The first-order chi connectivity index (χ1) is 9.38. The molecule has 19 heavy (non-hydrogen) atoms. The maximum atomic E-state index is 3.44. The van der Waals surface area contributed by atoms with Crippen LogP contribution in [0, 0.1) is 0 Å². The Morgan fingerprint density at radius 1 is 0.842 bits per heavy atom. The topological polar surface area (TPSA) is 12.0 Å². The molecule has 0 amide bonds. The summed E-state index contributed by atoms with van der Waals surface area (Å²) in [5.41, 5.74) is 1.42. The molecule has 1 heteroatoms. The summed E-state index contributed by atoms with van der Waals surface area (Å²) in [5, 5.41) is 3.44. The van der Waals surface area contributed by atoms with Gasteiger partial charge in [0, 0.05) is 6.04 Å². The second-order valence-corrected chi connectivity index (χ2v) is 5.52. The Labute approximate surface area is 119 Å². The van der Waals surface area contributed by atoms with Gasteiger partial charge in [-0.1, -0.05) is 88.6 Å². The van der Waals surface area contributed by atoms with Gasteiger partial charge >= 0.3 is 0 Å². The third-order valence-corrected chi connectivity index (χ3v) is 3.90. The minimum absolute atomic E-state index is 0.529. The summed E-state index contributed by atoms with van der Waals surface area (Å²) < 4.78 is 0. The van der Waals surface area contributed by atoms with Crippen molar-refractivity contribution in [3.8, 4) is 0 Å². The smallest absolute Gasteiger partial charge is 0.0317 e. The lowest BCUT2D eigenvalue weighted by Gasteiger charge is -2.16. The normalized spacial score (nSPS) is 12.5. The van der Waals surface area contributed by atoms with E-state index in [0.29, 0.717) is 6.04 Å². The van der Waals surface area contributed by atoms with E-state index in [4.69, 9.17) is 0 Å². The van der Waals surface area contributed by atoms with E-state index in [0.717, 1.165) is 0 Å². The van der Waals surface area contributed by atoms with Gasteiger partial charge in [-0.15, -0.1) is 0 Å². The summed E-state index contributed by atoms with van der Waals surface area (Å²) in [6, 6.07) is 11.3. The van der Waals surface area contributed by atoms with E-state index >= 15 is 0 Å². The molecule has 1 nitrogen and oxygen atoms in total. The number of benzene rings is 1. The van der Waals surface area contributed by atoms with Gasteiger partial charge in [0.2, 0.25) is 0 Å². The molecule has 1 aromatic rings. The molecular formula is C18H31N. The third-order valence-electron chi connectivity index (χ3n) is 3.90. The molecule has 1 unspecified atom stereocenters. The zero-order valence-corrected chi connectivity index (χ0v) is 12.8. The molecule has 0 bridgehead atoms. The van der Waals surface area contributed by atoms with Gasteiger partial charge in [-0.05, 0) is 19.0 Å². The van der Waals surface area contributed by atoms with Crippen molar-refractivity contribution in [2.45, 2.75) is 70.8 Å². The molecule has 1 aromatic carbocycles. The molecule has 0 aromatic heterocycles. The predicted octanol–water partition coefficient (Wildman–Crippen LogP) is 5.48. The van der Waals surface area contributed by atoms with Crippen molar-refractivity contribution < 1.29 is 0 Å². The molecule has 0 fully saturated rings. The van der Waals surface area contributed by atoms with Crippen molar-refractivity contribution in [2.24, 2.45) is 0 Å². The Morgan fingerprint density at radius 3 is 2.00 bits per heavy atom. The highest BCUT2D eigenvalue weighted by Gasteiger charge is 2.07. The van der Waals surface area contributed by atoms with Crippen LogP contribution < -0.4 is 5.32 Å². The van der Waals surface area contributed by atoms with E-state index in [9.17, 15) is 0 Å². The average molecular weight is 261 g/mol. The van der Waals surface area contributed by atoms with Crippen LogP contribution in [0.4, 0.5) is 0 Å². The Morgan fingerprint density at radius 2 is 1.42 bits per heavy atom. The quantitative estimate of drug-likeness (QED) is 0.520. The molecule has 0 radical (unpaired) electrons. The van der Waals surface area contributed by atoms with E-state index in [2.05, 4.69) is 49.6 Å². The van der Waals surface area contributed by atoms with Crippen molar-refractivity contribution in [3.05, 3.63) is 35.9 Å². The summed E-state index contributed by atoms with van der Waals surface area (Å²) >= 11 is 0. The van der Waals surface area contributed by atoms with Gasteiger partial charge in [0.05, 0.1) is 0 Å². The van der Waals surface area contributed by atoms with Gasteiger partial charge in [0.15, 0.2) is 0 Å². The van der Waals surface area contributed by atoms with Crippen molar-refractivity contribution >= 4 is 0 Å². The highest BCUT2D eigenvalue weighted by atomic mass is 14.9. The second kappa shape index (κ2) is 11.0. The summed E-state index contributed by atoms with van der Waals surface area (Å²) in [4.78, 5) is 0. The van der Waals surface area contributed by atoms with E-state index in [-0.39, 0.29) is 0 Å². The number of unbranched alkanes of at least 4 members (excludes halogenated alkanes) is 7. The van der Waals surface area contributed by atoms with Gasteiger partial charge in [0.25, 0.3) is 0 Å². The molecule has 1 rings (SSSR count). The number of hydrogen-bond donors (Lipinski definition) is 1. The molecule has 0 aliphatic rings. The van der Waals surface area contributed by atoms with Crippen molar-refractivity contribution in [3.63, 3.8) is 0 Å². The van der Waals surface area contributed by atoms with Crippen LogP contribution in [0.2, 0.25) is 0 Å². The minimum Gasteiger partial charge on any atom is -0.313 e. The number of rotatable bonds is 11. The van der Waals surface area contributed by atoms with E-state index < -0.39 is 0 Å². The highest BCUT2D eigenvalue weighted by Crippen LogP contribution is 2.19. The van der Waals surface area contributed by atoms with Gasteiger partial charge < -0.3 is 5.32 Å². The number of nitrogens with one attached hydrogen (secondary N) is 1. The Hall–Kier alpha value is -0.820. The molecule has 0 spiro atoms. The fraction of sp³-hybridized carbons (Fsp3) is 0.667. The zero-order valence-electron chi connectivity index (χ0n) is 12.8. The monoisotopic (exact) mass is 261 g/mol. The SMILES string of the molecule is CCCCCCCCCCC(NC)c1ccccc1. The molecule has 0 saturated carbocycles. The fourth-order valence-corrected chi connectivity index (χ4v) is 2.65. The van der Waals surface area contributed by atoms with Gasteiger partial charge in [-0.2, -0.15) is 0 Å². The fourth-order valence-electron chi connectivity index (χ4n) is 2.65. The highest BCUT2D eigenvalue weighted by molar-refractivity contribution is 5.18. The standard InChI is InChI=1S/C18H31N/c1-3-4-5-6-7-8-9-13-16-18(19-2)17-14-11-10-12-15-17/h10-12,14-15,18-19H,3-9,13,16H2,1-2H3. The van der Waals surface area contributed by atoms with Gasteiger partial charge in [-0.3, -0.25) is 0 Å². The van der Waals surface area contributed by atoms with Crippen LogP contribution in [-0.2, 0) is 0 Å². The van der Waals surface area contributed by atoms with Crippen LogP contribution in [-0.4, -0.2) is 7.05 Å². The van der Waals surface area contributed by atoms with Crippen LogP contribution in [0.3, 0.4) is 0 Å². The van der Waals surface area contributed by atoms with Crippen LogP contribution in [0.1, 0.15) is 76.3 Å². The van der Waals surface area contributed by atoms with Gasteiger partial charge in [0.1, 0.15) is 0 Å². The van der Waals surface area contributed by atoms with Crippen molar-refractivity contribution in [1.29, 1.82) is 0 Å². The van der Waals surface area contributed by atoms with Crippen LogP contribution in [0.25, 0.3) is 0 Å². The first-order valence-electron chi connectivity index (χ1n) is 8.10. The largest absolute Gasteiger partial charge is 0.313 e. The first-order valence-corrected chi connectivity index (χ1v) is 8.10. The predicted molar refractivity (Wildman–Crippen MR) is 85.5 cm³/mol. The Bertz CT molecular complexity index is 294. The lowest BCUT2D eigenvalue weighted by Crippen LogP contribution is -2.16. The van der Waals surface area contributed by atoms with Crippen molar-refractivity contribution in [2.75, 3.05) is 7.05 Å². The summed E-state index contributed by atoms with van der Waals surface area (Å²) in [7, 11) is 2.07. The van der Waals surface area contributed by atoms with Crippen LogP contribution >= 0.6 is 0 Å². The summed E-state index contributed by atoms with van der Waals surface area (Å²) in [6.07, 6.45) is 12.4. The van der Waals surface area contributed by atoms with Crippen LogP contribution in [0.15, 0.2) is 30.3 Å². The van der Waals surface area contributed by atoms with Crippen molar-refractivity contribution in [1.82, 2.24) is 5.32 Å². The average Bonchev–Trinajstić information content (AvgIpc) is 2.47. The maximum absolute atomic E-state index is 3.44. The lowest BCUT2D eigenvalue weighted by atomic mass is 9.99. The third kappa shape index (κ3) is 7.37. The molecule has 1 atom stereocenters. The van der Waals surface area contributed by atoms with Gasteiger partial charge in [-0.25, -0.2) is 0 Å². The van der Waals surface area contributed by atoms with E-state index in [1.807, 2.05) is 0 Å². The molecule has 0 aliphatic heterocycles. The maximum Gasteiger partial charge on any atom is 0.0317 e. The Balaban J connectivity index is 2.07. The Kier molecular flexibility index (Phi) is 9.44.